The lowest BCUT2D eigenvalue weighted by Crippen LogP contribution is -2.44. The van der Waals surface area contributed by atoms with Gasteiger partial charge >= 0.3 is 0 Å². The van der Waals surface area contributed by atoms with Gasteiger partial charge in [-0.25, -0.2) is 0 Å². The molecular weight excluding hydrogens is 312 g/mol. The van der Waals surface area contributed by atoms with Crippen molar-refractivity contribution in [2.75, 3.05) is 13.6 Å². The molecular formula is C17H25BrN2. The van der Waals surface area contributed by atoms with E-state index >= 15 is 0 Å². The maximum absolute atomic E-state index is 6.01. The summed E-state index contributed by atoms with van der Waals surface area (Å²) in [5, 5.41) is 0. The Kier molecular flexibility index (Phi) is 4.49. The van der Waals surface area contributed by atoms with Crippen LogP contribution in [0.25, 0.3) is 0 Å². The lowest BCUT2D eigenvalue weighted by molar-refractivity contribution is 0.0919. The number of halogens is 1. The third kappa shape index (κ3) is 2.56. The van der Waals surface area contributed by atoms with E-state index < -0.39 is 0 Å². The molecule has 1 saturated carbocycles. The Morgan fingerprint density at radius 3 is 2.85 bits per heavy atom. The monoisotopic (exact) mass is 336 g/mol. The predicted molar refractivity (Wildman–Crippen MR) is 87.8 cm³/mol. The molecule has 0 aliphatic heterocycles. The lowest BCUT2D eigenvalue weighted by atomic mass is 9.83. The summed E-state index contributed by atoms with van der Waals surface area (Å²) in [5.74, 6) is 0.685. The Hall–Kier alpha value is -0.380. The van der Waals surface area contributed by atoms with Crippen LogP contribution in [-0.4, -0.2) is 24.5 Å². The van der Waals surface area contributed by atoms with Gasteiger partial charge in [-0.1, -0.05) is 40.9 Å². The number of rotatable bonds is 3. The summed E-state index contributed by atoms with van der Waals surface area (Å²) in [6, 6.07) is 7.92. The van der Waals surface area contributed by atoms with Crippen LogP contribution in [0, 0.1) is 5.92 Å². The molecule has 2 nitrogen and oxygen atoms in total. The standard InChI is InChI=1S/C17H25BrN2/c1-20(16-8-3-2-5-12(16)11-19)17-10-9-13-14(17)6-4-7-15(13)18/h4,6-7,12,16-17H,2-3,5,8-11,19H2,1H3. The van der Waals surface area contributed by atoms with Crippen molar-refractivity contribution >= 4 is 15.9 Å². The zero-order valence-corrected chi connectivity index (χ0v) is 13.9. The van der Waals surface area contributed by atoms with E-state index in [2.05, 4.69) is 46.1 Å². The van der Waals surface area contributed by atoms with Crippen LogP contribution in [0.1, 0.15) is 49.3 Å². The highest BCUT2D eigenvalue weighted by Crippen LogP contribution is 2.41. The van der Waals surface area contributed by atoms with Crippen molar-refractivity contribution in [2.45, 2.75) is 50.6 Å². The van der Waals surface area contributed by atoms with Gasteiger partial charge in [0.25, 0.3) is 0 Å². The smallest absolute Gasteiger partial charge is 0.0354 e. The predicted octanol–water partition coefficient (Wildman–Crippen LogP) is 3.89. The number of hydrogen-bond donors (Lipinski definition) is 1. The quantitative estimate of drug-likeness (QED) is 0.907. The summed E-state index contributed by atoms with van der Waals surface area (Å²) >= 11 is 3.71. The Morgan fingerprint density at radius 1 is 1.25 bits per heavy atom. The highest BCUT2D eigenvalue weighted by Gasteiger charge is 2.34. The Bertz CT molecular complexity index is 474. The van der Waals surface area contributed by atoms with Crippen LogP contribution >= 0.6 is 15.9 Å². The van der Waals surface area contributed by atoms with Gasteiger partial charge in [0.05, 0.1) is 0 Å². The summed E-state index contributed by atoms with van der Waals surface area (Å²) in [6.07, 6.45) is 7.80. The van der Waals surface area contributed by atoms with Gasteiger partial charge in [-0.15, -0.1) is 0 Å². The molecule has 3 rings (SSSR count). The number of nitrogens with two attached hydrogens (primary N) is 1. The van der Waals surface area contributed by atoms with E-state index in [4.69, 9.17) is 5.73 Å². The molecule has 1 aromatic carbocycles. The highest BCUT2D eigenvalue weighted by molar-refractivity contribution is 9.10. The van der Waals surface area contributed by atoms with Crippen molar-refractivity contribution in [1.29, 1.82) is 0 Å². The molecule has 0 heterocycles. The first-order chi connectivity index (χ1) is 9.72. The van der Waals surface area contributed by atoms with E-state index in [9.17, 15) is 0 Å². The number of hydrogen-bond acceptors (Lipinski definition) is 2. The van der Waals surface area contributed by atoms with E-state index in [1.54, 1.807) is 0 Å². The van der Waals surface area contributed by atoms with Crippen LogP contribution < -0.4 is 5.73 Å². The molecule has 2 aliphatic rings. The molecule has 3 atom stereocenters. The van der Waals surface area contributed by atoms with Gasteiger partial charge < -0.3 is 5.73 Å². The molecule has 0 aromatic heterocycles. The molecule has 0 bridgehead atoms. The molecule has 1 aromatic rings. The van der Waals surface area contributed by atoms with E-state index in [0.717, 1.165) is 6.54 Å². The number of fused-ring (bicyclic) bond motifs is 1. The highest BCUT2D eigenvalue weighted by atomic mass is 79.9. The molecule has 20 heavy (non-hydrogen) atoms. The molecule has 3 heteroatoms. The van der Waals surface area contributed by atoms with Gasteiger partial charge in [0.2, 0.25) is 0 Å². The van der Waals surface area contributed by atoms with Gasteiger partial charge in [0.1, 0.15) is 0 Å². The second kappa shape index (κ2) is 6.17. The Balaban J connectivity index is 1.82. The van der Waals surface area contributed by atoms with E-state index in [1.807, 2.05) is 0 Å². The van der Waals surface area contributed by atoms with Crippen LogP contribution in [0.4, 0.5) is 0 Å². The fourth-order valence-electron chi connectivity index (χ4n) is 4.24. The summed E-state index contributed by atoms with van der Waals surface area (Å²) in [4.78, 5) is 2.63. The van der Waals surface area contributed by atoms with Crippen LogP contribution in [-0.2, 0) is 6.42 Å². The molecule has 0 radical (unpaired) electrons. The third-order valence-corrected chi connectivity index (χ3v) is 6.11. The fourth-order valence-corrected chi connectivity index (χ4v) is 4.82. The zero-order chi connectivity index (χ0) is 14.1. The second-order valence-corrected chi connectivity index (χ2v) is 7.23. The minimum atomic E-state index is 0.583. The third-order valence-electron chi connectivity index (χ3n) is 5.37. The average Bonchev–Trinajstić information content (AvgIpc) is 2.92. The Labute approximate surface area is 130 Å². The minimum absolute atomic E-state index is 0.583. The zero-order valence-electron chi connectivity index (χ0n) is 12.3. The summed E-state index contributed by atoms with van der Waals surface area (Å²) in [7, 11) is 2.32. The van der Waals surface area contributed by atoms with Crippen molar-refractivity contribution < 1.29 is 0 Å². The number of benzene rings is 1. The first-order valence-electron chi connectivity index (χ1n) is 7.91. The average molecular weight is 337 g/mol. The van der Waals surface area contributed by atoms with E-state index in [-0.39, 0.29) is 0 Å². The van der Waals surface area contributed by atoms with Crippen molar-refractivity contribution in [2.24, 2.45) is 11.7 Å². The van der Waals surface area contributed by atoms with Gasteiger partial charge in [0, 0.05) is 16.6 Å². The van der Waals surface area contributed by atoms with Gasteiger partial charge in [0.15, 0.2) is 0 Å². The molecule has 110 valence electrons. The first-order valence-corrected chi connectivity index (χ1v) is 8.71. The van der Waals surface area contributed by atoms with Gasteiger partial charge in [-0.3, -0.25) is 4.90 Å². The minimum Gasteiger partial charge on any atom is -0.330 e. The number of nitrogens with zero attached hydrogens (tertiary/aromatic N) is 1. The summed E-state index contributed by atoms with van der Waals surface area (Å²) in [5.41, 5.74) is 9.06. The maximum atomic E-state index is 6.01. The van der Waals surface area contributed by atoms with Gasteiger partial charge in [-0.05, 0) is 62.4 Å². The van der Waals surface area contributed by atoms with Crippen molar-refractivity contribution in [3.8, 4) is 0 Å². The summed E-state index contributed by atoms with van der Waals surface area (Å²) in [6.45, 7) is 0.840. The molecule has 2 aliphatic carbocycles. The molecule has 2 N–H and O–H groups in total. The molecule has 3 unspecified atom stereocenters. The van der Waals surface area contributed by atoms with Crippen LogP contribution in [0.3, 0.4) is 0 Å². The lowest BCUT2D eigenvalue weighted by Gasteiger charge is -2.41. The van der Waals surface area contributed by atoms with Crippen LogP contribution in [0.2, 0.25) is 0 Å². The SMILES string of the molecule is CN(C1CCc2c(Br)cccc21)C1CCCCC1CN. The summed E-state index contributed by atoms with van der Waals surface area (Å²) < 4.78 is 1.28. The van der Waals surface area contributed by atoms with Crippen LogP contribution in [0.5, 0.6) is 0 Å². The van der Waals surface area contributed by atoms with Crippen molar-refractivity contribution in [3.05, 3.63) is 33.8 Å². The van der Waals surface area contributed by atoms with Crippen molar-refractivity contribution in [3.63, 3.8) is 0 Å². The van der Waals surface area contributed by atoms with E-state index in [1.165, 1.54) is 54.1 Å². The normalized spacial score (nSPS) is 29.7. The van der Waals surface area contributed by atoms with Crippen molar-refractivity contribution in [1.82, 2.24) is 4.90 Å². The fraction of sp³-hybridized carbons (Fsp3) is 0.647. The van der Waals surface area contributed by atoms with Crippen LogP contribution in [0.15, 0.2) is 22.7 Å². The van der Waals surface area contributed by atoms with Gasteiger partial charge in [-0.2, -0.15) is 0 Å². The molecule has 0 amide bonds. The first kappa shape index (κ1) is 14.6. The molecule has 0 saturated heterocycles. The topological polar surface area (TPSA) is 29.3 Å². The molecule has 1 fully saturated rings. The maximum Gasteiger partial charge on any atom is 0.0354 e. The molecule has 0 spiro atoms. The largest absolute Gasteiger partial charge is 0.330 e. The Morgan fingerprint density at radius 2 is 2.05 bits per heavy atom. The second-order valence-electron chi connectivity index (χ2n) is 6.38. The van der Waals surface area contributed by atoms with E-state index in [0.29, 0.717) is 18.0 Å².